The predicted molar refractivity (Wildman–Crippen MR) is 71.8 cm³/mol. The third-order valence-corrected chi connectivity index (χ3v) is 3.28. The van der Waals surface area contributed by atoms with E-state index >= 15 is 0 Å². The molecular weight excluding hydrogens is 269 g/mol. The van der Waals surface area contributed by atoms with Gasteiger partial charge in [0.05, 0.1) is 7.11 Å². The Bertz CT molecular complexity index is 645. The number of anilines is 1. The summed E-state index contributed by atoms with van der Waals surface area (Å²) in [6, 6.07) is 5.90. The van der Waals surface area contributed by atoms with Crippen LogP contribution in [0.3, 0.4) is 0 Å². The normalized spacial score (nSPS) is 10.4. The molecule has 19 heavy (non-hydrogen) atoms. The number of hydrogen-bond donors (Lipinski definition) is 2. The molecule has 0 unspecified atom stereocenters. The fourth-order valence-electron chi connectivity index (χ4n) is 1.47. The fourth-order valence-corrected chi connectivity index (χ4v) is 2.30. The molecule has 0 amide bonds. The molecule has 0 fully saturated rings. The third kappa shape index (κ3) is 3.47. The number of hydrogen-bond acceptors (Lipinski definition) is 5. The molecule has 0 aliphatic carbocycles. The van der Waals surface area contributed by atoms with E-state index in [1.165, 1.54) is 31.0 Å². The number of benzene rings is 1. The van der Waals surface area contributed by atoms with Crippen LogP contribution in [0.1, 0.15) is 5.56 Å². The Morgan fingerprint density at radius 2 is 2.26 bits per heavy atom. The Balaban J connectivity index is 2.10. The van der Waals surface area contributed by atoms with Crippen molar-refractivity contribution in [2.45, 2.75) is 10.9 Å². The van der Waals surface area contributed by atoms with Crippen molar-refractivity contribution in [2.75, 3.05) is 12.8 Å². The minimum atomic E-state index is -0.422. The molecule has 1 aromatic heterocycles. The number of nitrogens with two attached hydrogens (primary N) is 1. The Labute approximate surface area is 113 Å². The zero-order chi connectivity index (χ0) is 13.8. The van der Waals surface area contributed by atoms with E-state index in [9.17, 15) is 9.18 Å². The van der Waals surface area contributed by atoms with Gasteiger partial charge in [-0.3, -0.25) is 4.79 Å². The second-order valence-corrected chi connectivity index (χ2v) is 4.70. The number of H-pyrrole nitrogens is 1. The van der Waals surface area contributed by atoms with Crippen LogP contribution in [0.4, 0.5) is 10.2 Å². The number of ether oxygens (including phenoxy) is 1. The van der Waals surface area contributed by atoms with E-state index in [0.29, 0.717) is 10.9 Å². The number of thioether (sulfide) groups is 1. The largest absolute Gasteiger partial charge is 0.494 e. The van der Waals surface area contributed by atoms with E-state index < -0.39 is 5.82 Å². The van der Waals surface area contributed by atoms with Crippen LogP contribution in [0.2, 0.25) is 0 Å². The predicted octanol–water partition coefficient (Wildman–Crippen LogP) is 1.79. The summed E-state index contributed by atoms with van der Waals surface area (Å²) in [5.41, 5.74) is 5.92. The monoisotopic (exact) mass is 281 g/mol. The van der Waals surface area contributed by atoms with Gasteiger partial charge in [-0.1, -0.05) is 17.8 Å². The highest BCUT2D eigenvalue weighted by molar-refractivity contribution is 7.98. The highest BCUT2D eigenvalue weighted by Gasteiger charge is 2.05. The van der Waals surface area contributed by atoms with Gasteiger partial charge in [0.1, 0.15) is 5.82 Å². The first-order chi connectivity index (χ1) is 9.08. The summed E-state index contributed by atoms with van der Waals surface area (Å²) < 4.78 is 18.3. The zero-order valence-electron chi connectivity index (χ0n) is 10.1. The van der Waals surface area contributed by atoms with Gasteiger partial charge in [-0.2, -0.15) is 0 Å². The number of methoxy groups -OCH3 is 1. The number of nitrogens with one attached hydrogen (secondary N) is 1. The summed E-state index contributed by atoms with van der Waals surface area (Å²) in [6.45, 7) is 0. The molecule has 0 aliphatic heterocycles. The Morgan fingerprint density at radius 3 is 2.89 bits per heavy atom. The van der Waals surface area contributed by atoms with E-state index in [1.54, 1.807) is 12.1 Å². The van der Waals surface area contributed by atoms with Crippen molar-refractivity contribution in [3.63, 3.8) is 0 Å². The summed E-state index contributed by atoms with van der Waals surface area (Å²) in [4.78, 5) is 17.7. The molecule has 0 spiro atoms. The number of aromatic amines is 1. The summed E-state index contributed by atoms with van der Waals surface area (Å²) in [7, 11) is 1.41. The maximum absolute atomic E-state index is 13.5. The number of rotatable bonds is 4. The van der Waals surface area contributed by atoms with Crippen LogP contribution in [-0.4, -0.2) is 17.1 Å². The Hall–Kier alpha value is -2.02. The van der Waals surface area contributed by atoms with Gasteiger partial charge in [0.25, 0.3) is 5.56 Å². The molecule has 7 heteroatoms. The first-order valence-corrected chi connectivity index (χ1v) is 6.39. The van der Waals surface area contributed by atoms with Gasteiger partial charge in [0.15, 0.2) is 16.7 Å². The molecule has 0 aliphatic rings. The van der Waals surface area contributed by atoms with E-state index in [0.717, 1.165) is 5.56 Å². The Kier molecular flexibility index (Phi) is 4.06. The van der Waals surface area contributed by atoms with E-state index in [4.69, 9.17) is 10.5 Å². The molecule has 1 aromatic carbocycles. The SMILES string of the molecule is COc1ccc(CSc2nc(N)cc(=O)[nH]2)cc1F. The topological polar surface area (TPSA) is 81.0 Å². The molecule has 5 nitrogen and oxygen atoms in total. The molecule has 2 rings (SSSR count). The van der Waals surface area contributed by atoms with Crippen LogP contribution in [-0.2, 0) is 5.75 Å². The van der Waals surface area contributed by atoms with Gasteiger partial charge in [-0.05, 0) is 17.7 Å². The quantitative estimate of drug-likeness (QED) is 0.659. The van der Waals surface area contributed by atoms with Crippen molar-refractivity contribution in [1.82, 2.24) is 9.97 Å². The number of halogens is 1. The molecule has 0 atom stereocenters. The number of aromatic nitrogens is 2. The minimum absolute atomic E-state index is 0.159. The van der Waals surface area contributed by atoms with Crippen LogP contribution in [0.15, 0.2) is 34.2 Å². The van der Waals surface area contributed by atoms with Gasteiger partial charge in [-0.15, -0.1) is 0 Å². The van der Waals surface area contributed by atoms with Crippen LogP contribution < -0.4 is 16.0 Å². The van der Waals surface area contributed by atoms with Crippen LogP contribution >= 0.6 is 11.8 Å². The first kappa shape index (κ1) is 13.4. The van der Waals surface area contributed by atoms with Crippen molar-refractivity contribution in [3.05, 3.63) is 46.0 Å². The van der Waals surface area contributed by atoms with Gasteiger partial charge in [0, 0.05) is 11.8 Å². The maximum atomic E-state index is 13.5. The van der Waals surface area contributed by atoms with E-state index in [1.807, 2.05) is 0 Å². The van der Waals surface area contributed by atoms with Gasteiger partial charge in [0.2, 0.25) is 0 Å². The van der Waals surface area contributed by atoms with Gasteiger partial charge >= 0.3 is 0 Å². The van der Waals surface area contributed by atoms with Crippen LogP contribution in [0.5, 0.6) is 5.75 Å². The standard InChI is InChI=1S/C12H12FN3O2S/c1-18-9-3-2-7(4-8(9)13)6-19-12-15-10(14)5-11(17)16-12/h2-5H,6H2,1H3,(H3,14,15,16,17). The first-order valence-electron chi connectivity index (χ1n) is 5.40. The average Bonchev–Trinajstić information content (AvgIpc) is 2.35. The van der Waals surface area contributed by atoms with E-state index in [-0.39, 0.29) is 17.1 Å². The maximum Gasteiger partial charge on any atom is 0.253 e. The summed E-state index contributed by atoms with van der Waals surface area (Å²) in [5, 5.41) is 0.404. The molecule has 2 aromatic rings. The zero-order valence-corrected chi connectivity index (χ0v) is 11.0. The van der Waals surface area contributed by atoms with Crippen LogP contribution in [0, 0.1) is 5.82 Å². The highest BCUT2D eigenvalue weighted by atomic mass is 32.2. The van der Waals surface area contributed by atoms with Crippen LogP contribution in [0.25, 0.3) is 0 Å². The van der Waals surface area contributed by atoms with Gasteiger partial charge in [-0.25, -0.2) is 9.37 Å². The lowest BCUT2D eigenvalue weighted by Crippen LogP contribution is -2.09. The Morgan fingerprint density at radius 1 is 1.47 bits per heavy atom. The molecule has 0 saturated heterocycles. The van der Waals surface area contributed by atoms with Crippen molar-refractivity contribution in [1.29, 1.82) is 0 Å². The second-order valence-electron chi connectivity index (χ2n) is 3.73. The lowest BCUT2D eigenvalue weighted by Gasteiger charge is -2.05. The molecule has 1 heterocycles. The molecule has 0 saturated carbocycles. The smallest absolute Gasteiger partial charge is 0.253 e. The van der Waals surface area contributed by atoms with Gasteiger partial charge < -0.3 is 15.5 Å². The third-order valence-electron chi connectivity index (χ3n) is 2.33. The van der Waals surface area contributed by atoms with Crippen molar-refractivity contribution in [2.24, 2.45) is 0 Å². The van der Waals surface area contributed by atoms with Crippen molar-refractivity contribution in [3.8, 4) is 5.75 Å². The average molecular weight is 281 g/mol. The molecule has 3 N–H and O–H groups in total. The second kappa shape index (κ2) is 5.75. The summed E-state index contributed by atoms with van der Waals surface area (Å²) >= 11 is 1.27. The molecule has 0 radical (unpaired) electrons. The number of nitrogen functional groups attached to an aromatic ring is 1. The summed E-state index contributed by atoms with van der Waals surface area (Å²) in [6.07, 6.45) is 0. The molecule has 0 bridgehead atoms. The highest BCUT2D eigenvalue weighted by Crippen LogP contribution is 2.23. The molecular formula is C12H12FN3O2S. The number of nitrogens with zero attached hydrogens (tertiary/aromatic N) is 1. The fraction of sp³-hybridized carbons (Fsp3) is 0.167. The molecule has 100 valence electrons. The minimum Gasteiger partial charge on any atom is -0.494 e. The lowest BCUT2D eigenvalue weighted by atomic mass is 10.2. The lowest BCUT2D eigenvalue weighted by molar-refractivity contribution is 0.386. The van der Waals surface area contributed by atoms with Crippen molar-refractivity contribution < 1.29 is 9.13 Å². The van der Waals surface area contributed by atoms with E-state index in [2.05, 4.69) is 9.97 Å². The summed E-state index contributed by atoms with van der Waals surface area (Å²) in [5.74, 6) is 0.402. The van der Waals surface area contributed by atoms with Crippen molar-refractivity contribution >= 4 is 17.6 Å².